The Morgan fingerprint density at radius 1 is 1.17 bits per heavy atom. The Labute approximate surface area is 175 Å². The fourth-order valence-electron chi connectivity index (χ4n) is 3.89. The number of amides is 2. The lowest BCUT2D eigenvalue weighted by molar-refractivity contribution is 0.0299. The standard InChI is InChI=1S/C20H28N6O4/c1-14(2)16-10-18(30-22-16)20(28)25-5-3-4-15(11-25)12-26-13-17(21-23-26)19(27)24-6-8-29-9-7-24/h10,13-15H,3-9,11-12H2,1-2H3/t15-/m1/s1. The third kappa shape index (κ3) is 4.53. The zero-order chi connectivity index (χ0) is 21.1. The third-order valence-electron chi connectivity index (χ3n) is 5.64. The number of likely N-dealkylation sites (tertiary alicyclic amines) is 1. The molecule has 0 saturated carbocycles. The number of carbonyl (C=O) groups excluding carboxylic acids is 2. The van der Waals surface area contributed by atoms with Crippen molar-refractivity contribution in [1.82, 2.24) is 30.0 Å². The highest BCUT2D eigenvalue weighted by molar-refractivity contribution is 5.92. The van der Waals surface area contributed by atoms with Crippen LogP contribution in [0.3, 0.4) is 0 Å². The molecular formula is C20H28N6O4. The molecule has 10 heteroatoms. The molecule has 0 bridgehead atoms. The Hall–Kier alpha value is -2.75. The van der Waals surface area contributed by atoms with Gasteiger partial charge >= 0.3 is 0 Å². The van der Waals surface area contributed by atoms with Gasteiger partial charge in [0.1, 0.15) is 0 Å². The molecule has 4 rings (SSSR count). The molecule has 10 nitrogen and oxygen atoms in total. The quantitative estimate of drug-likeness (QED) is 0.725. The molecule has 0 aromatic carbocycles. The molecule has 30 heavy (non-hydrogen) atoms. The fraction of sp³-hybridized carbons (Fsp3) is 0.650. The monoisotopic (exact) mass is 416 g/mol. The van der Waals surface area contributed by atoms with Gasteiger partial charge in [-0.1, -0.05) is 24.2 Å². The van der Waals surface area contributed by atoms with Crippen molar-refractivity contribution in [3.05, 3.63) is 29.4 Å². The second-order valence-corrected chi connectivity index (χ2v) is 8.26. The SMILES string of the molecule is CC(C)c1cc(C(=O)N2CCC[C@@H](Cn3cc(C(=O)N4CCOCC4)nn3)C2)on1. The molecule has 0 unspecified atom stereocenters. The van der Waals surface area contributed by atoms with Crippen molar-refractivity contribution in [3.63, 3.8) is 0 Å². The van der Waals surface area contributed by atoms with Crippen LogP contribution in [0.2, 0.25) is 0 Å². The van der Waals surface area contributed by atoms with Crippen LogP contribution in [0, 0.1) is 5.92 Å². The van der Waals surface area contributed by atoms with Gasteiger partial charge in [0.25, 0.3) is 11.8 Å². The molecule has 2 fully saturated rings. The van der Waals surface area contributed by atoms with E-state index in [9.17, 15) is 9.59 Å². The number of nitrogens with zero attached hydrogens (tertiary/aromatic N) is 6. The summed E-state index contributed by atoms with van der Waals surface area (Å²) in [4.78, 5) is 28.9. The molecule has 162 valence electrons. The highest BCUT2D eigenvalue weighted by Gasteiger charge is 2.28. The molecule has 0 spiro atoms. The lowest BCUT2D eigenvalue weighted by Crippen LogP contribution is -2.41. The maximum Gasteiger partial charge on any atom is 0.292 e. The molecule has 2 aromatic heterocycles. The summed E-state index contributed by atoms with van der Waals surface area (Å²) in [7, 11) is 0. The minimum Gasteiger partial charge on any atom is -0.378 e. The van der Waals surface area contributed by atoms with E-state index in [-0.39, 0.29) is 23.7 Å². The number of carbonyl (C=O) groups is 2. The minimum atomic E-state index is -0.124. The number of aromatic nitrogens is 4. The van der Waals surface area contributed by atoms with Crippen LogP contribution in [-0.2, 0) is 11.3 Å². The summed E-state index contributed by atoms with van der Waals surface area (Å²) in [5.41, 5.74) is 1.13. The zero-order valence-corrected chi connectivity index (χ0v) is 17.5. The van der Waals surface area contributed by atoms with E-state index >= 15 is 0 Å². The van der Waals surface area contributed by atoms with Gasteiger partial charge in [-0.05, 0) is 24.7 Å². The Bertz CT molecular complexity index is 885. The Kier molecular flexibility index (Phi) is 6.12. The molecule has 2 aliphatic rings. The third-order valence-corrected chi connectivity index (χ3v) is 5.64. The highest BCUT2D eigenvalue weighted by Crippen LogP contribution is 2.22. The van der Waals surface area contributed by atoms with Crippen molar-refractivity contribution in [3.8, 4) is 0 Å². The van der Waals surface area contributed by atoms with Crippen molar-refractivity contribution in [1.29, 1.82) is 0 Å². The smallest absolute Gasteiger partial charge is 0.292 e. The van der Waals surface area contributed by atoms with Gasteiger partial charge in [-0.2, -0.15) is 0 Å². The van der Waals surface area contributed by atoms with Crippen LogP contribution in [0.4, 0.5) is 0 Å². The van der Waals surface area contributed by atoms with Gasteiger partial charge in [-0.25, -0.2) is 0 Å². The van der Waals surface area contributed by atoms with Gasteiger partial charge in [0, 0.05) is 38.8 Å². The molecule has 4 heterocycles. The van der Waals surface area contributed by atoms with Gasteiger partial charge in [0.05, 0.1) is 25.1 Å². The van der Waals surface area contributed by atoms with Gasteiger partial charge in [-0.3, -0.25) is 14.3 Å². The first-order chi connectivity index (χ1) is 14.5. The molecular weight excluding hydrogens is 388 g/mol. The number of ether oxygens (including phenoxy) is 1. The largest absolute Gasteiger partial charge is 0.378 e. The summed E-state index contributed by atoms with van der Waals surface area (Å²) in [6, 6.07) is 1.73. The van der Waals surface area contributed by atoms with Gasteiger partial charge in [-0.15, -0.1) is 5.10 Å². The molecule has 2 amide bonds. The summed E-state index contributed by atoms with van der Waals surface area (Å²) >= 11 is 0. The molecule has 0 radical (unpaired) electrons. The van der Waals surface area contributed by atoms with Crippen LogP contribution >= 0.6 is 0 Å². The summed E-state index contributed by atoms with van der Waals surface area (Å²) in [5.74, 6) is 0.505. The molecule has 1 atom stereocenters. The lowest BCUT2D eigenvalue weighted by atomic mass is 9.97. The number of hydrogen-bond donors (Lipinski definition) is 0. The van der Waals surface area contributed by atoms with E-state index < -0.39 is 0 Å². The number of piperidine rings is 1. The first-order valence-corrected chi connectivity index (χ1v) is 10.5. The van der Waals surface area contributed by atoms with E-state index in [0.717, 1.165) is 18.5 Å². The summed E-state index contributed by atoms with van der Waals surface area (Å²) in [6.07, 6.45) is 3.60. The molecule has 2 aromatic rings. The van der Waals surface area contributed by atoms with E-state index in [2.05, 4.69) is 15.5 Å². The van der Waals surface area contributed by atoms with Crippen molar-refractivity contribution in [2.24, 2.45) is 5.92 Å². The fourth-order valence-corrected chi connectivity index (χ4v) is 3.89. The molecule has 0 N–H and O–H groups in total. The first kappa shape index (κ1) is 20.5. The average Bonchev–Trinajstić information content (AvgIpc) is 3.44. The summed E-state index contributed by atoms with van der Waals surface area (Å²) < 4.78 is 12.3. The first-order valence-electron chi connectivity index (χ1n) is 10.5. The van der Waals surface area contributed by atoms with E-state index in [1.165, 1.54) is 0 Å². The van der Waals surface area contributed by atoms with E-state index in [4.69, 9.17) is 9.26 Å². The van der Waals surface area contributed by atoms with Gasteiger partial charge in [0.2, 0.25) is 5.76 Å². The maximum absolute atomic E-state index is 12.8. The van der Waals surface area contributed by atoms with Crippen molar-refractivity contribution in [2.45, 2.75) is 39.2 Å². The highest BCUT2D eigenvalue weighted by atomic mass is 16.5. The predicted octanol–water partition coefficient (Wildman–Crippen LogP) is 1.41. The maximum atomic E-state index is 12.8. The second kappa shape index (κ2) is 8.95. The molecule has 2 aliphatic heterocycles. The zero-order valence-electron chi connectivity index (χ0n) is 17.5. The molecule has 0 aliphatic carbocycles. The average molecular weight is 416 g/mol. The van der Waals surface area contributed by atoms with Crippen LogP contribution in [0.25, 0.3) is 0 Å². The number of rotatable bonds is 5. The predicted molar refractivity (Wildman–Crippen MR) is 106 cm³/mol. The Morgan fingerprint density at radius 3 is 2.70 bits per heavy atom. The van der Waals surface area contributed by atoms with Gasteiger partial charge in [0.15, 0.2) is 5.69 Å². The second-order valence-electron chi connectivity index (χ2n) is 8.26. The Morgan fingerprint density at radius 2 is 1.97 bits per heavy atom. The van der Waals surface area contributed by atoms with Crippen molar-refractivity contribution < 1.29 is 18.8 Å². The topological polar surface area (TPSA) is 107 Å². The van der Waals surface area contributed by atoms with Crippen molar-refractivity contribution >= 4 is 11.8 Å². The van der Waals surface area contributed by atoms with E-state index in [1.54, 1.807) is 21.8 Å². The molecule has 2 saturated heterocycles. The van der Waals surface area contributed by atoms with E-state index in [1.807, 2.05) is 18.7 Å². The van der Waals surface area contributed by atoms with Crippen LogP contribution in [-0.4, -0.2) is 81.2 Å². The Balaban J connectivity index is 1.35. The number of morpholine rings is 1. The lowest BCUT2D eigenvalue weighted by Gasteiger charge is -2.31. The summed E-state index contributed by atoms with van der Waals surface area (Å²) in [6.45, 7) is 8.20. The van der Waals surface area contributed by atoms with E-state index in [0.29, 0.717) is 57.4 Å². The van der Waals surface area contributed by atoms with Gasteiger partial charge < -0.3 is 19.1 Å². The number of hydrogen-bond acceptors (Lipinski definition) is 7. The van der Waals surface area contributed by atoms with Crippen LogP contribution in [0.15, 0.2) is 16.8 Å². The van der Waals surface area contributed by atoms with Crippen molar-refractivity contribution in [2.75, 3.05) is 39.4 Å². The van der Waals surface area contributed by atoms with Crippen LogP contribution in [0.5, 0.6) is 0 Å². The normalized spacial score (nSPS) is 20.0. The minimum absolute atomic E-state index is 0.115. The summed E-state index contributed by atoms with van der Waals surface area (Å²) in [5, 5.41) is 12.2. The van der Waals surface area contributed by atoms with Crippen LogP contribution < -0.4 is 0 Å². The van der Waals surface area contributed by atoms with Crippen LogP contribution in [0.1, 0.15) is 59.3 Å².